The number of nitrogens with two attached hydrogens (primary N) is 1. The highest BCUT2D eigenvalue weighted by molar-refractivity contribution is 8.01. The molecule has 17 heavy (non-hydrogen) atoms. The lowest BCUT2D eigenvalue weighted by atomic mass is 10.3. The van der Waals surface area contributed by atoms with Gasteiger partial charge in [-0.3, -0.25) is 0 Å². The molecule has 0 amide bonds. The SMILES string of the molecule is Nc1ccc(Sc2snc3ccccc23)cc1. The third kappa shape index (κ3) is 2.14. The molecule has 0 unspecified atom stereocenters. The Labute approximate surface area is 108 Å². The summed E-state index contributed by atoms with van der Waals surface area (Å²) in [5.41, 5.74) is 7.53. The van der Waals surface area contributed by atoms with Gasteiger partial charge < -0.3 is 5.73 Å². The molecule has 1 aromatic heterocycles. The maximum atomic E-state index is 5.67. The Morgan fingerprint density at radius 3 is 2.59 bits per heavy atom. The van der Waals surface area contributed by atoms with Crippen molar-refractivity contribution < 1.29 is 0 Å². The van der Waals surface area contributed by atoms with Gasteiger partial charge >= 0.3 is 0 Å². The minimum atomic E-state index is 0.795. The Balaban J connectivity index is 1.97. The van der Waals surface area contributed by atoms with Crippen LogP contribution in [0.15, 0.2) is 57.6 Å². The zero-order chi connectivity index (χ0) is 11.7. The Kier molecular flexibility index (Phi) is 2.74. The Hall–Kier alpha value is -1.52. The van der Waals surface area contributed by atoms with E-state index in [1.54, 1.807) is 23.3 Å². The highest BCUT2D eigenvalue weighted by Crippen LogP contribution is 2.36. The van der Waals surface area contributed by atoms with Crippen LogP contribution in [0.5, 0.6) is 0 Å². The summed E-state index contributed by atoms with van der Waals surface area (Å²) >= 11 is 3.28. The van der Waals surface area contributed by atoms with E-state index in [1.165, 1.54) is 14.5 Å². The molecule has 3 rings (SSSR count). The Bertz CT molecular complexity index is 644. The fraction of sp³-hybridized carbons (Fsp3) is 0. The number of hydrogen-bond donors (Lipinski definition) is 1. The number of aromatic nitrogens is 1. The van der Waals surface area contributed by atoms with Crippen LogP contribution >= 0.6 is 23.3 Å². The summed E-state index contributed by atoms with van der Waals surface area (Å²) < 4.78 is 5.66. The molecule has 1 heterocycles. The van der Waals surface area contributed by atoms with Crippen LogP contribution in [0.1, 0.15) is 0 Å². The Morgan fingerprint density at radius 1 is 1.00 bits per heavy atom. The lowest BCUT2D eigenvalue weighted by molar-refractivity contribution is 1.46. The van der Waals surface area contributed by atoms with Crippen molar-refractivity contribution >= 4 is 39.9 Å². The van der Waals surface area contributed by atoms with Crippen LogP contribution in [0.2, 0.25) is 0 Å². The van der Waals surface area contributed by atoms with Crippen molar-refractivity contribution in [2.24, 2.45) is 0 Å². The van der Waals surface area contributed by atoms with E-state index < -0.39 is 0 Å². The van der Waals surface area contributed by atoms with Gasteiger partial charge in [0.05, 0.1) is 9.73 Å². The molecule has 2 N–H and O–H groups in total. The average molecular weight is 258 g/mol. The molecular weight excluding hydrogens is 248 g/mol. The summed E-state index contributed by atoms with van der Waals surface area (Å²) in [6.07, 6.45) is 0. The van der Waals surface area contributed by atoms with Crippen molar-refractivity contribution in [3.63, 3.8) is 0 Å². The number of hydrogen-bond acceptors (Lipinski definition) is 4. The predicted octanol–water partition coefficient (Wildman–Crippen LogP) is 4.03. The second-order valence-corrected chi connectivity index (χ2v) is 5.77. The van der Waals surface area contributed by atoms with Gasteiger partial charge in [-0.15, -0.1) is 0 Å². The number of nitrogens with zero attached hydrogens (tertiary/aromatic N) is 1. The third-order valence-electron chi connectivity index (χ3n) is 2.44. The number of benzene rings is 2. The van der Waals surface area contributed by atoms with Gasteiger partial charge in [0.15, 0.2) is 0 Å². The first kappa shape index (κ1) is 10.6. The van der Waals surface area contributed by atoms with Gasteiger partial charge in [-0.05, 0) is 41.9 Å². The fourth-order valence-corrected chi connectivity index (χ4v) is 3.51. The molecule has 2 nitrogen and oxygen atoms in total. The fourth-order valence-electron chi connectivity index (χ4n) is 1.58. The van der Waals surface area contributed by atoms with Gasteiger partial charge in [0.2, 0.25) is 0 Å². The minimum Gasteiger partial charge on any atom is -0.399 e. The van der Waals surface area contributed by atoms with Crippen LogP contribution in [0.4, 0.5) is 5.69 Å². The average Bonchev–Trinajstić information content (AvgIpc) is 2.76. The van der Waals surface area contributed by atoms with Crippen LogP contribution < -0.4 is 5.73 Å². The topological polar surface area (TPSA) is 38.9 Å². The van der Waals surface area contributed by atoms with Crippen molar-refractivity contribution in [1.29, 1.82) is 0 Å². The zero-order valence-corrected chi connectivity index (χ0v) is 10.6. The summed E-state index contributed by atoms with van der Waals surface area (Å²) in [4.78, 5) is 1.19. The van der Waals surface area contributed by atoms with E-state index in [0.717, 1.165) is 11.2 Å². The lowest BCUT2D eigenvalue weighted by Gasteiger charge is -1.99. The summed E-state index contributed by atoms with van der Waals surface area (Å²) in [7, 11) is 0. The smallest absolute Gasteiger partial charge is 0.0932 e. The van der Waals surface area contributed by atoms with Crippen molar-refractivity contribution in [1.82, 2.24) is 4.37 Å². The molecule has 0 saturated carbocycles. The first-order chi connectivity index (χ1) is 8.33. The summed E-state index contributed by atoms with van der Waals surface area (Å²) in [5, 5.41) is 1.22. The molecule has 0 fully saturated rings. The molecule has 0 aliphatic rings. The van der Waals surface area contributed by atoms with Gasteiger partial charge in [0, 0.05) is 16.0 Å². The maximum absolute atomic E-state index is 5.67. The largest absolute Gasteiger partial charge is 0.399 e. The molecule has 4 heteroatoms. The van der Waals surface area contributed by atoms with Crippen LogP contribution in [0.25, 0.3) is 10.9 Å². The van der Waals surface area contributed by atoms with Crippen LogP contribution in [0, 0.1) is 0 Å². The van der Waals surface area contributed by atoms with Gasteiger partial charge in [-0.1, -0.05) is 30.0 Å². The van der Waals surface area contributed by atoms with Crippen molar-refractivity contribution in [2.75, 3.05) is 5.73 Å². The number of anilines is 1. The molecule has 0 aliphatic heterocycles. The second kappa shape index (κ2) is 4.39. The monoisotopic (exact) mass is 258 g/mol. The van der Waals surface area contributed by atoms with E-state index in [4.69, 9.17) is 5.73 Å². The number of nitrogen functional groups attached to an aromatic ring is 1. The van der Waals surface area contributed by atoms with Crippen LogP contribution in [-0.2, 0) is 0 Å². The first-order valence-corrected chi connectivity index (χ1v) is 6.80. The van der Waals surface area contributed by atoms with Crippen molar-refractivity contribution in [3.8, 4) is 0 Å². The molecule has 0 bridgehead atoms. The van der Waals surface area contributed by atoms with Crippen LogP contribution in [-0.4, -0.2) is 4.37 Å². The molecule has 84 valence electrons. The summed E-state index contributed by atoms with van der Waals surface area (Å²) in [6.45, 7) is 0. The molecular formula is C13H10N2S2. The van der Waals surface area contributed by atoms with E-state index in [9.17, 15) is 0 Å². The van der Waals surface area contributed by atoms with Crippen molar-refractivity contribution in [3.05, 3.63) is 48.5 Å². The maximum Gasteiger partial charge on any atom is 0.0932 e. The zero-order valence-electron chi connectivity index (χ0n) is 8.96. The molecule has 0 aliphatic carbocycles. The Morgan fingerprint density at radius 2 is 1.76 bits per heavy atom. The van der Waals surface area contributed by atoms with Gasteiger partial charge in [0.25, 0.3) is 0 Å². The molecule has 2 aromatic carbocycles. The van der Waals surface area contributed by atoms with E-state index >= 15 is 0 Å². The van der Waals surface area contributed by atoms with E-state index in [0.29, 0.717) is 0 Å². The van der Waals surface area contributed by atoms with Gasteiger partial charge in [-0.2, -0.15) is 4.37 Å². The number of rotatable bonds is 2. The molecule has 3 aromatic rings. The highest BCUT2D eigenvalue weighted by atomic mass is 32.2. The molecule has 0 atom stereocenters. The molecule has 0 radical (unpaired) electrons. The minimum absolute atomic E-state index is 0.795. The third-order valence-corrected chi connectivity index (χ3v) is 4.50. The first-order valence-electron chi connectivity index (χ1n) is 5.21. The van der Waals surface area contributed by atoms with Gasteiger partial charge in [-0.25, -0.2) is 0 Å². The van der Waals surface area contributed by atoms with E-state index in [-0.39, 0.29) is 0 Å². The van der Waals surface area contributed by atoms with Gasteiger partial charge in [0.1, 0.15) is 0 Å². The highest BCUT2D eigenvalue weighted by Gasteiger charge is 2.06. The molecule has 0 spiro atoms. The lowest BCUT2D eigenvalue weighted by Crippen LogP contribution is -1.82. The van der Waals surface area contributed by atoms with E-state index in [2.05, 4.69) is 10.4 Å². The van der Waals surface area contributed by atoms with E-state index in [1.807, 2.05) is 42.5 Å². The normalized spacial score (nSPS) is 10.8. The second-order valence-electron chi connectivity index (χ2n) is 3.66. The summed E-state index contributed by atoms with van der Waals surface area (Å²) in [6, 6.07) is 16.1. The summed E-state index contributed by atoms with van der Waals surface area (Å²) in [5.74, 6) is 0. The van der Waals surface area contributed by atoms with Crippen LogP contribution in [0.3, 0.4) is 0 Å². The molecule has 0 saturated heterocycles. The van der Waals surface area contributed by atoms with Crippen molar-refractivity contribution in [2.45, 2.75) is 9.10 Å². The number of fused-ring (bicyclic) bond motifs is 1. The quantitative estimate of drug-likeness (QED) is 0.705. The predicted molar refractivity (Wildman–Crippen MR) is 74.6 cm³/mol. The standard InChI is InChI=1S/C13H10N2S2/c14-9-5-7-10(8-6-9)16-13-11-3-1-2-4-12(11)15-17-13/h1-8H,14H2.